The molecule has 5 nitrogen and oxygen atoms in total. The minimum atomic E-state index is -1.21. The molecule has 0 aliphatic carbocycles. The fraction of sp³-hybridized carbons (Fsp3) is 0.231. The monoisotopic (exact) mass is 281 g/mol. The number of nitrogens with zero attached hydrogens (tertiary/aromatic N) is 1. The molecule has 0 saturated heterocycles. The number of hydrogen-bond acceptors (Lipinski definition) is 4. The number of rotatable bonds is 4. The van der Waals surface area contributed by atoms with Gasteiger partial charge in [0.15, 0.2) is 0 Å². The zero-order valence-electron chi connectivity index (χ0n) is 10.4. The van der Waals surface area contributed by atoms with Crippen LogP contribution in [0.4, 0.5) is 0 Å². The van der Waals surface area contributed by atoms with Crippen LogP contribution < -0.4 is 4.74 Å². The van der Waals surface area contributed by atoms with E-state index in [9.17, 15) is 4.79 Å². The van der Waals surface area contributed by atoms with Crippen LogP contribution in [0.15, 0.2) is 22.6 Å². The van der Waals surface area contributed by atoms with Crippen LogP contribution in [0.1, 0.15) is 23.0 Å². The van der Waals surface area contributed by atoms with Crippen molar-refractivity contribution < 1.29 is 19.1 Å². The molecule has 1 heterocycles. The zero-order valence-corrected chi connectivity index (χ0v) is 11.2. The first-order chi connectivity index (χ1) is 9.02. The minimum absolute atomic E-state index is 0.110. The molecule has 0 saturated carbocycles. The summed E-state index contributed by atoms with van der Waals surface area (Å²) in [5.41, 5.74) is 1.26. The summed E-state index contributed by atoms with van der Waals surface area (Å²) in [6.07, 6.45) is 0. The van der Waals surface area contributed by atoms with E-state index in [1.807, 2.05) is 13.0 Å². The van der Waals surface area contributed by atoms with Gasteiger partial charge in [-0.25, -0.2) is 4.79 Å². The summed E-state index contributed by atoms with van der Waals surface area (Å²) in [6.45, 7) is 3.92. The fourth-order valence-electron chi connectivity index (χ4n) is 1.58. The smallest absolute Gasteiger partial charge is 0.362 e. The third-order valence-corrected chi connectivity index (χ3v) is 2.74. The van der Waals surface area contributed by atoms with Gasteiger partial charge in [-0.05, 0) is 31.5 Å². The number of carboxylic acids is 1. The molecule has 0 unspecified atom stereocenters. The average molecular weight is 282 g/mol. The number of aromatic nitrogens is 1. The van der Waals surface area contributed by atoms with Crippen LogP contribution in [0, 0.1) is 6.92 Å². The third kappa shape index (κ3) is 2.71. The molecule has 0 fully saturated rings. The van der Waals surface area contributed by atoms with Gasteiger partial charge in [0.25, 0.3) is 0 Å². The lowest BCUT2D eigenvalue weighted by atomic mass is 10.1. The Hall–Kier alpha value is -2.01. The number of halogens is 1. The van der Waals surface area contributed by atoms with Gasteiger partial charge in [-0.1, -0.05) is 17.7 Å². The standard InChI is InChI=1S/C13H12ClNO4/c1-3-18-13-10(12(16)17)15-11(19-13)8-5-4-7(2)6-9(8)14/h4-6H,3H2,1-2H3,(H,16,17). The van der Waals surface area contributed by atoms with Crippen molar-refractivity contribution in [1.29, 1.82) is 0 Å². The molecule has 0 spiro atoms. The molecule has 0 amide bonds. The van der Waals surface area contributed by atoms with Crippen LogP contribution >= 0.6 is 11.6 Å². The van der Waals surface area contributed by atoms with Gasteiger partial charge in [0.05, 0.1) is 17.2 Å². The fourth-order valence-corrected chi connectivity index (χ4v) is 1.89. The van der Waals surface area contributed by atoms with Crippen LogP contribution in [-0.2, 0) is 0 Å². The van der Waals surface area contributed by atoms with E-state index in [1.165, 1.54) is 0 Å². The van der Waals surface area contributed by atoms with E-state index in [0.29, 0.717) is 10.6 Å². The number of aryl methyl sites for hydroxylation is 1. The normalized spacial score (nSPS) is 10.5. The molecule has 100 valence electrons. The first-order valence-electron chi connectivity index (χ1n) is 5.66. The Morgan fingerprint density at radius 1 is 1.53 bits per heavy atom. The molecule has 0 atom stereocenters. The molecule has 19 heavy (non-hydrogen) atoms. The number of aromatic carboxylic acids is 1. The number of benzene rings is 1. The highest BCUT2D eigenvalue weighted by Gasteiger charge is 2.22. The molecular formula is C13H12ClNO4. The second-order valence-corrected chi connectivity index (χ2v) is 4.28. The molecule has 0 radical (unpaired) electrons. The molecule has 6 heteroatoms. The van der Waals surface area contributed by atoms with Crippen molar-refractivity contribution in [1.82, 2.24) is 4.98 Å². The summed E-state index contributed by atoms with van der Waals surface area (Å²) < 4.78 is 10.4. The molecule has 2 aromatic rings. The van der Waals surface area contributed by atoms with Crippen LogP contribution in [0.2, 0.25) is 5.02 Å². The SMILES string of the molecule is CCOc1oc(-c2ccc(C)cc2Cl)nc1C(=O)O. The molecular weight excluding hydrogens is 270 g/mol. The van der Waals surface area contributed by atoms with Crippen molar-refractivity contribution in [3.05, 3.63) is 34.5 Å². The highest BCUT2D eigenvalue weighted by Crippen LogP contribution is 2.32. The second kappa shape index (κ2) is 5.32. The molecule has 0 aliphatic rings. The molecule has 2 rings (SSSR count). The third-order valence-electron chi connectivity index (χ3n) is 2.43. The predicted molar refractivity (Wildman–Crippen MR) is 69.8 cm³/mol. The topological polar surface area (TPSA) is 72.6 Å². The van der Waals surface area contributed by atoms with Gasteiger partial charge in [-0.2, -0.15) is 4.98 Å². The lowest BCUT2D eigenvalue weighted by Gasteiger charge is -2.00. The Balaban J connectivity index is 2.50. The lowest BCUT2D eigenvalue weighted by molar-refractivity contribution is 0.0683. The van der Waals surface area contributed by atoms with Crippen molar-refractivity contribution in [2.24, 2.45) is 0 Å². The highest BCUT2D eigenvalue weighted by atomic mass is 35.5. The maximum absolute atomic E-state index is 11.0. The molecule has 1 aromatic heterocycles. The van der Waals surface area contributed by atoms with Gasteiger partial charge >= 0.3 is 11.9 Å². The summed E-state index contributed by atoms with van der Waals surface area (Å²) in [5, 5.41) is 9.48. The van der Waals surface area contributed by atoms with E-state index in [0.717, 1.165) is 5.56 Å². The summed E-state index contributed by atoms with van der Waals surface area (Å²) in [5.74, 6) is -1.19. The maximum atomic E-state index is 11.0. The largest absolute Gasteiger partial charge is 0.476 e. The highest BCUT2D eigenvalue weighted by molar-refractivity contribution is 6.33. The molecule has 1 N–H and O–H groups in total. The van der Waals surface area contributed by atoms with Crippen molar-refractivity contribution in [3.8, 4) is 17.4 Å². The van der Waals surface area contributed by atoms with E-state index in [-0.39, 0.29) is 24.1 Å². The van der Waals surface area contributed by atoms with Crippen LogP contribution in [0.3, 0.4) is 0 Å². The Kier molecular flexibility index (Phi) is 3.76. The Bertz CT molecular complexity index is 621. The number of oxazole rings is 1. The average Bonchev–Trinajstić information content (AvgIpc) is 2.73. The number of ether oxygens (including phenoxy) is 1. The minimum Gasteiger partial charge on any atom is -0.476 e. The molecule has 1 aromatic carbocycles. The number of hydrogen-bond donors (Lipinski definition) is 1. The summed E-state index contributed by atoms with van der Waals surface area (Å²) in [4.78, 5) is 15.0. The first-order valence-corrected chi connectivity index (χ1v) is 6.04. The first kappa shape index (κ1) is 13.4. The van der Waals surface area contributed by atoms with Crippen molar-refractivity contribution in [3.63, 3.8) is 0 Å². The van der Waals surface area contributed by atoms with Crippen molar-refractivity contribution >= 4 is 17.6 Å². The number of carboxylic acid groups (broad SMARTS) is 1. The zero-order chi connectivity index (χ0) is 14.0. The maximum Gasteiger partial charge on any atom is 0.362 e. The Morgan fingerprint density at radius 3 is 2.84 bits per heavy atom. The quantitative estimate of drug-likeness (QED) is 0.930. The second-order valence-electron chi connectivity index (χ2n) is 3.88. The van der Waals surface area contributed by atoms with Gasteiger partial charge in [0, 0.05) is 0 Å². The predicted octanol–water partition coefficient (Wildman–Crippen LogP) is 3.40. The van der Waals surface area contributed by atoms with E-state index in [4.69, 9.17) is 25.9 Å². The Morgan fingerprint density at radius 2 is 2.26 bits per heavy atom. The summed E-state index contributed by atoms with van der Waals surface area (Å²) in [6, 6.07) is 5.32. The molecule has 0 bridgehead atoms. The summed E-state index contributed by atoms with van der Waals surface area (Å²) >= 11 is 6.09. The van der Waals surface area contributed by atoms with Gasteiger partial charge in [-0.15, -0.1) is 0 Å². The number of carbonyl (C=O) groups is 1. The van der Waals surface area contributed by atoms with Gasteiger partial charge in [0.1, 0.15) is 0 Å². The molecule has 0 aliphatic heterocycles. The van der Waals surface area contributed by atoms with Crippen molar-refractivity contribution in [2.45, 2.75) is 13.8 Å². The van der Waals surface area contributed by atoms with E-state index in [2.05, 4.69) is 4.98 Å². The van der Waals surface area contributed by atoms with Gasteiger partial charge in [0.2, 0.25) is 11.6 Å². The van der Waals surface area contributed by atoms with Gasteiger partial charge < -0.3 is 14.3 Å². The van der Waals surface area contributed by atoms with Crippen LogP contribution in [0.5, 0.6) is 5.95 Å². The van der Waals surface area contributed by atoms with E-state index < -0.39 is 5.97 Å². The summed E-state index contributed by atoms with van der Waals surface area (Å²) in [7, 11) is 0. The van der Waals surface area contributed by atoms with Crippen LogP contribution in [-0.4, -0.2) is 22.7 Å². The van der Waals surface area contributed by atoms with E-state index in [1.54, 1.807) is 19.1 Å². The van der Waals surface area contributed by atoms with Crippen molar-refractivity contribution in [2.75, 3.05) is 6.61 Å². The lowest BCUT2D eigenvalue weighted by Crippen LogP contribution is -2.01. The van der Waals surface area contributed by atoms with E-state index >= 15 is 0 Å². The van der Waals surface area contributed by atoms with Crippen LogP contribution in [0.25, 0.3) is 11.5 Å². The Labute approximate surface area is 114 Å². The van der Waals surface area contributed by atoms with Gasteiger partial charge in [-0.3, -0.25) is 0 Å².